The largest absolute Gasteiger partial charge is 0.378 e. The molecule has 0 bridgehead atoms. The molecule has 2 aliphatic heterocycles. The van der Waals surface area contributed by atoms with Crippen LogP contribution >= 0.6 is 0 Å². The topological polar surface area (TPSA) is 54.8 Å². The molecule has 1 aromatic heterocycles. The van der Waals surface area contributed by atoms with Gasteiger partial charge >= 0.3 is 0 Å². The first kappa shape index (κ1) is 21.6. The van der Waals surface area contributed by atoms with E-state index in [0.29, 0.717) is 31.9 Å². The Bertz CT molecular complexity index is 1420. The molecule has 6 rings (SSSR count). The van der Waals surface area contributed by atoms with E-state index in [1.807, 2.05) is 54.6 Å². The minimum atomic E-state index is -0.356. The molecule has 2 aliphatic rings. The molecule has 0 aliphatic carbocycles. The molecule has 176 valence electrons. The zero-order valence-electron chi connectivity index (χ0n) is 19.7. The lowest BCUT2D eigenvalue weighted by atomic mass is 9.93. The van der Waals surface area contributed by atoms with E-state index in [0.717, 1.165) is 33.3 Å². The number of aromatic nitrogens is 1. The third-order valence-corrected chi connectivity index (χ3v) is 7.19. The summed E-state index contributed by atoms with van der Waals surface area (Å²) in [6.45, 7) is 2.22. The molecule has 0 unspecified atom stereocenters. The lowest BCUT2D eigenvalue weighted by molar-refractivity contribution is -0.136. The van der Waals surface area contributed by atoms with Gasteiger partial charge in [-0.25, -0.2) is 0 Å². The Morgan fingerprint density at radius 3 is 2.40 bits per heavy atom. The van der Waals surface area contributed by atoms with Gasteiger partial charge in [-0.3, -0.25) is 9.59 Å². The number of nitrogens with zero attached hydrogens (tertiary/aromatic N) is 3. The molecule has 3 heterocycles. The third-order valence-electron chi connectivity index (χ3n) is 7.19. The lowest BCUT2D eigenvalue weighted by Gasteiger charge is -2.31. The number of para-hydroxylation sites is 1. The maximum atomic E-state index is 13.7. The second kappa shape index (κ2) is 8.71. The summed E-state index contributed by atoms with van der Waals surface area (Å²) in [6, 6.07) is 26.0. The van der Waals surface area contributed by atoms with Crippen LogP contribution in [0.3, 0.4) is 0 Å². The van der Waals surface area contributed by atoms with Crippen LogP contribution in [0.1, 0.15) is 27.5 Å². The molecule has 0 saturated carbocycles. The van der Waals surface area contributed by atoms with Gasteiger partial charge in [-0.15, -0.1) is 0 Å². The summed E-state index contributed by atoms with van der Waals surface area (Å²) in [4.78, 5) is 30.6. The van der Waals surface area contributed by atoms with E-state index in [2.05, 4.69) is 35.9 Å². The van der Waals surface area contributed by atoms with Gasteiger partial charge in [0, 0.05) is 42.2 Å². The fourth-order valence-electron chi connectivity index (χ4n) is 5.55. The summed E-state index contributed by atoms with van der Waals surface area (Å²) in [7, 11) is 2.07. The van der Waals surface area contributed by atoms with Gasteiger partial charge in [-0.2, -0.15) is 0 Å². The predicted molar refractivity (Wildman–Crippen MR) is 135 cm³/mol. The highest BCUT2D eigenvalue weighted by Crippen LogP contribution is 2.46. The number of morpholine rings is 1. The fraction of sp³-hybridized carbons (Fsp3) is 0.241. The van der Waals surface area contributed by atoms with Crippen molar-refractivity contribution in [2.24, 2.45) is 7.05 Å². The average Bonchev–Trinajstić information content (AvgIpc) is 3.35. The molecule has 1 fully saturated rings. The molecular formula is C29H27N3O3. The van der Waals surface area contributed by atoms with Crippen molar-refractivity contribution < 1.29 is 14.3 Å². The molecular weight excluding hydrogens is 438 g/mol. The van der Waals surface area contributed by atoms with Gasteiger partial charge in [0.15, 0.2) is 0 Å². The number of carbonyl (C=O) groups excluding carboxylic acids is 2. The van der Waals surface area contributed by atoms with E-state index in [9.17, 15) is 9.59 Å². The third kappa shape index (κ3) is 3.53. The van der Waals surface area contributed by atoms with Crippen molar-refractivity contribution in [2.45, 2.75) is 6.04 Å². The number of benzene rings is 3. The van der Waals surface area contributed by atoms with Gasteiger partial charge in [-0.05, 0) is 23.3 Å². The van der Waals surface area contributed by atoms with E-state index >= 15 is 0 Å². The number of fused-ring (bicyclic) bond motifs is 2. The Morgan fingerprint density at radius 2 is 1.60 bits per heavy atom. The van der Waals surface area contributed by atoms with Crippen LogP contribution in [-0.2, 0) is 16.6 Å². The molecule has 0 spiro atoms. The van der Waals surface area contributed by atoms with Crippen LogP contribution in [0.4, 0.5) is 0 Å². The first-order valence-corrected chi connectivity index (χ1v) is 12.0. The van der Waals surface area contributed by atoms with Gasteiger partial charge in [0.2, 0.25) is 5.91 Å². The summed E-state index contributed by atoms with van der Waals surface area (Å²) < 4.78 is 7.62. The maximum Gasteiger partial charge on any atom is 0.255 e. The first-order valence-electron chi connectivity index (χ1n) is 12.0. The summed E-state index contributed by atoms with van der Waals surface area (Å²) >= 11 is 0. The highest BCUT2D eigenvalue weighted by molar-refractivity contribution is 6.03. The van der Waals surface area contributed by atoms with Crippen LogP contribution in [0.25, 0.3) is 22.2 Å². The molecule has 1 atom stereocenters. The highest BCUT2D eigenvalue weighted by atomic mass is 16.5. The summed E-state index contributed by atoms with van der Waals surface area (Å²) in [5.74, 6) is -0.139. The molecule has 0 N–H and O–H groups in total. The Hall–Kier alpha value is -3.90. The Labute approximate surface area is 204 Å². The molecule has 6 nitrogen and oxygen atoms in total. The maximum absolute atomic E-state index is 13.7. The number of rotatable bonds is 4. The monoisotopic (exact) mass is 465 g/mol. The molecule has 35 heavy (non-hydrogen) atoms. The number of carbonyl (C=O) groups is 2. The summed E-state index contributed by atoms with van der Waals surface area (Å²) in [6.07, 6.45) is 0. The van der Waals surface area contributed by atoms with Crippen molar-refractivity contribution in [3.63, 3.8) is 0 Å². The van der Waals surface area contributed by atoms with Gasteiger partial charge in [0.1, 0.15) is 6.54 Å². The normalized spacial score (nSPS) is 17.7. The van der Waals surface area contributed by atoms with Crippen LogP contribution in [0.2, 0.25) is 0 Å². The van der Waals surface area contributed by atoms with Crippen molar-refractivity contribution in [1.82, 2.24) is 14.4 Å². The van der Waals surface area contributed by atoms with Crippen LogP contribution in [0.5, 0.6) is 0 Å². The van der Waals surface area contributed by atoms with Gasteiger partial charge < -0.3 is 19.1 Å². The van der Waals surface area contributed by atoms with Crippen molar-refractivity contribution in [3.8, 4) is 11.3 Å². The quantitative estimate of drug-likeness (QED) is 0.453. The molecule has 3 aromatic carbocycles. The first-order chi connectivity index (χ1) is 17.1. The second-order valence-electron chi connectivity index (χ2n) is 9.12. The van der Waals surface area contributed by atoms with E-state index in [4.69, 9.17) is 4.74 Å². The standard InChI is InChI=1S/C29H27N3O3/c1-30-24-14-8-7-13-23(24)26(27(30)20-9-3-2-4-10-20)28-21-11-5-6-12-22(21)29(34)32(28)19-25(33)31-15-17-35-18-16-31/h2-14,28H,15-19H2,1H3/t28-/m1/s1. The van der Waals surface area contributed by atoms with Gasteiger partial charge in [0.05, 0.1) is 24.9 Å². The number of hydrogen-bond acceptors (Lipinski definition) is 3. The zero-order chi connectivity index (χ0) is 23.9. The smallest absolute Gasteiger partial charge is 0.255 e. The van der Waals surface area contributed by atoms with Crippen molar-refractivity contribution in [2.75, 3.05) is 32.8 Å². The number of aryl methyl sites for hydroxylation is 1. The van der Waals surface area contributed by atoms with E-state index < -0.39 is 0 Å². The second-order valence-corrected chi connectivity index (χ2v) is 9.12. The average molecular weight is 466 g/mol. The molecule has 2 amide bonds. The molecule has 4 aromatic rings. The Morgan fingerprint density at radius 1 is 0.914 bits per heavy atom. The van der Waals surface area contributed by atoms with Crippen LogP contribution in [0, 0.1) is 0 Å². The van der Waals surface area contributed by atoms with E-state index in [1.54, 1.807) is 9.80 Å². The number of ether oxygens (including phenoxy) is 1. The molecule has 6 heteroatoms. The minimum absolute atomic E-state index is 0.0373. The van der Waals surface area contributed by atoms with Crippen LogP contribution in [0.15, 0.2) is 78.9 Å². The number of amides is 2. The van der Waals surface area contributed by atoms with Crippen molar-refractivity contribution in [1.29, 1.82) is 0 Å². The fourth-order valence-corrected chi connectivity index (χ4v) is 5.55. The van der Waals surface area contributed by atoms with Crippen LogP contribution in [-0.4, -0.2) is 59.0 Å². The Kier molecular flexibility index (Phi) is 5.38. The van der Waals surface area contributed by atoms with E-state index in [1.165, 1.54) is 0 Å². The summed E-state index contributed by atoms with van der Waals surface area (Å²) in [5.41, 5.74) is 5.91. The van der Waals surface area contributed by atoms with Crippen molar-refractivity contribution in [3.05, 3.63) is 95.6 Å². The van der Waals surface area contributed by atoms with Gasteiger partial charge in [-0.1, -0.05) is 66.7 Å². The van der Waals surface area contributed by atoms with Crippen molar-refractivity contribution >= 4 is 22.7 Å². The SMILES string of the molecule is Cn1c(-c2ccccc2)c([C@H]2c3ccccc3C(=O)N2CC(=O)N2CCOCC2)c2ccccc21. The van der Waals surface area contributed by atoms with Crippen LogP contribution < -0.4 is 0 Å². The Balaban J connectivity index is 1.54. The minimum Gasteiger partial charge on any atom is -0.378 e. The zero-order valence-corrected chi connectivity index (χ0v) is 19.7. The lowest BCUT2D eigenvalue weighted by Crippen LogP contribution is -2.46. The van der Waals surface area contributed by atoms with Gasteiger partial charge in [0.25, 0.3) is 5.91 Å². The predicted octanol–water partition coefficient (Wildman–Crippen LogP) is 4.25. The highest BCUT2D eigenvalue weighted by Gasteiger charge is 2.42. The summed E-state index contributed by atoms with van der Waals surface area (Å²) in [5, 5.41) is 1.09. The number of hydrogen-bond donors (Lipinski definition) is 0. The van der Waals surface area contributed by atoms with E-state index in [-0.39, 0.29) is 24.4 Å². The molecule has 1 saturated heterocycles. The molecule has 0 radical (unpaired) electrons.